The van der Waals surface area contributed by atoms with E-state index in [2.05, 4.69) is 82.6 Å². The Balaban J connectivity index is 1.60. The molecular weight excluding hydrogens is 332 g/mol. The summed E-state index contributed by atoms with van der Waals surface area (Å²) >= 11 is 0. The molecular formula is C24H24N2O. The highest BCUT2D eigenvalue weighted by Gasteiger charge is 2.55. The van der Waals surface area contributed by atoms with E-state index < -0.39 is 5.60 Å². The second kappa shape index (κ2) is 5.82. The third-order valence-electron chi connectivity index (χ3n) is 6.68. The van der Waals surface area contributed by atoms with Crippen LogP contribution in [0.25, 0.3) is 0 Å². The number of fused-ring (bicyclic) bond motifs is 4. The van der Waals surface area contributed by atoms with Gasteiger partial charge in [-0.25, -0.2) is 0 Å². The predicted octanol–water partition coefficient (Wildman–Crippen LogP) is 4.24. The lowest BCUT2D eigenvalue weighted by molar-refractivity contribution is -0.123. The van der Waals surface area contributed by atoms with Crippen molar-refractivity contribution in [2.45, 2.75) is 37.1 Å². The highest BCUT2D eigenvalue weighted by atomic mass is 16.5. The van der Waals surface area contributed by atoms with Gasteiger partial charge in [0.1, 0.15) is 11.8 Å². The van der Waals surface area contributed by atoms with Crippen molar-refractivity contribution >= 4 is 0 Å². The van der Waals surface area contributed by atoms with Crippen molar-refractivity contribution in [2.24, 2.45) is 0 Å². The fraction of sp³-hybridized carbons (Fsp3) is 0.333. The van der Waals surface area contributed by atoms with E-state index in [9.17, 15) is 0 Å². The van der Waals surface area contributed by atoms with Crippen molar-refractivity contribution < 1.29 is 4.74 Å². The second-order valence-electron chi connectivity index (χ2n) is 8.02. The van der Waals surface area contributed by atoms with E-state index in [4.69, 9.17) is 4.74 Å². The molecule has 0 spiro atoms. The molecule has 0 bridgehead atoms. The normalized spacial score (nSPS) is 28.4. The van der Waals surface area contributed by atoms with Gasteiger partial charge in [-0.15, -0.1) is 0 Å². The van der Waals surface area contributed by atoms with Crippen LogP contribution < -0.4 is 0 Å². The van der Waals surface area contributed by atoms with Crippen LogP contribution in [0.4, 0.5) is 0 Å². The van der Waals surface area contributed by atoms with Crippen LogP contribution in [0.2, 0.25) is 0 Å². The van der Waals surface area contributed by atoms with Gasteiger partial charge in [-0.05, 0) is 24.0 Å². The molecule has 0 saturated carbocycles. The van der Waals surface area contributed by atoms with E-state index in [-0.39, 0.29) is 6.23 Å². The van der Waals surface area contributed by atoms with Crippen molar-refractivity contribution in [3.05, 3.63) is 95.2 Å². The van der Waals surface area contributed by atoms with Crippen LogP contribution in [0, 0.1) is 0 Å². The maximum absolute atomic E-state index is 7.17. The summed E-state index contributed by atoms with van der Waals surface area (Å²) in [5.41, 5.74) is 4.70. The summed E-state index contributed by atoms with van der Waals surface area (Å²) in [5, 5.41) is 0. The van der Waals surface area contributed by atoms with Gasteiger partial charge in [0.25, 0.3) is 0 Å². The first-order valence-electron chi connectivity index (χ1n) is 10.1. The van der Waals surface area contributed by atoms with Crippen LogP contribution in [0.5, 0.6) is 0 Å². The molecule has 3 aliphatic heterocycles. The molecule has 3 nitrogen and oxygen atoms in total. The number of ether oxygens (including phenoxy) is 1. The molecule has 2 fully saturated rings. The molecule has 0 N–H and O–H groups in total. The van der Waals surface area contributed by atoms with E-state index in [0.717, 1.165) is 13.1 Å². The van der Waals surface area contributed by atoms with Crippen molar-refractivity contribution in [2.75, 3.05) is 13.2 Å². The molecule has 3 heterocycles. The first-order chi connectivity index (χ1) is 13.4. The third kappa shape index (κ3) is 2.10. The van der Waals surface area contributed by atoms with Gasteiger partial charge in [0.2, 0.25) is 0 Å². The van der Waals surface area contributed by atoms with E-state index in [1.807, 2.05) is 0 Å². The van der Waals surface area contributed by atoms with Gasteiger partial charge < -0.3 is 9.64 Å². The van der Waals surface area contributed by atoms with Crippen molar-refractivity contribution in [1.29, 1.82) is 0 Å². The highest BCUT2D eigenvalue weighted by Crippen LogP contribution is 2.52. The Morgan fingerprint density at radius 2 is 1.63 bits per heavy atom. The fourth-order valence-corrected chi connectivity index (χ4v) is 5.51. The van der Waals surface area contributed by atoms with Gasteiger partial charge in [-0.3, -0.25) is 4.90 Å². The third-order valence-corrected chi connectivity index (χ3v) is 6.68. The lowest BCUT2D eigenvalue weighted by Gasteiger charge is -2.47. The van der Waals surface area contributed by atoms with Crippen molar-refractivity contribution in [3.63, 3.8) is 0 Å². The quantitative estimate of drug-likeness (QED) is 0.801. The molecule has 0 amide bonds. The Morgan fingerprint density at radius 1 is 0.926 bits per heavy atom. The molecule has 1 aliphatic carbocycles. The molecule has 0 unspecified atom stereocenters. The molecule has 2 aromatic carbocycles. The van der Waals surface area contributed by atoms with Gasteiger partial charge in [0.15, 0.2) is 0 Å². The highest BCUT2D eigenvalue weighted by molar-refractivity contribution is 5.55. The smallest absolute Gasteiger partial charge is 0.148 e. The molecule has 136 valence electrons. The SMILES string of the molecule is C1=CC2=C(C1)N1CN3CCC[C@H]3[C@@H]1OC2(c1ccccc1)c1ccccc1. The molecule has 3 heteroatoms. The summed E-state index contributed by atoms with van der Waals surface area (Å²) in [6, 6.07) is 22.1. The summed E-state index contributed by atoms with van der Waals surface area (Å²) in [6.07, 6.45) is 8.27. The Hall–Kier alpha value is -2.36. The number of allylic oxidation sites excluding steroid dienone is 1. The zero-order valence-electron chi connectivity index (χ0n) is 15.4. The maximum atomic E-state index is 7.17. The van der Waals surface area contributed by atoms with Gasteiger partial charge in [0.05, 0.1) is 12.7 Å². The average molecular weight is 356 g/mol. The minimum atomic E-state index is -0.523. The Labute approximate surface area is 160 Å². The molecule has 4 aliphatic rings. The average Bonchev–Trinajstić information content (AvgIpc) is 3.45. The number of hydrogen-bond donors (Lipinski definition) is 0. The Bertz CT molecular complexity index is 878. The van der Waals surface area contributed by atoms with Gasteiger partial charge in [-0.1, -0.05) is 72.8 Å². The van der Waals surface area contributed by atoms with Crippen LogP contribution >= 0.6 is 0 Å². The standard InChI is InChI=1S/C24H24N2O/c1-3-9-18(10-4-1)24(19-11-5-2-6-12-19)20-13-7-14-21(20)26-17-25-16-8-15-22(25)23(26)27-24/h1-7,9-13,22-23H,8,14-17H2/t22-,23-/m0/s1. The minimum Gasteiger partial charge on any atom is -0.336 e. The zero-order valence-corrected chi connectivity index (χ0v) is 15.4. The van der Waals surface area contributed by atoms with Crippen LogP contribution in [0.15, 0.2) is 84.1 Å². The van der Waals surface area contributed by atoms with Crippen molar-refractivity contribution in [3.8, 4) is 0 Å². The molecule has 27 heavy (non-hydrogen) atoms. The van der Waals surface area contributed by atoms with Crippen LogP contribution in [-0.2, 0) is 10.3 Å². The fourth-order valence-electron chi connectivity index (χ4n) is 5.51. The molecule has 6 rings (SSSR count). The van der Waals surface area contributed by atoms with Gasteiger partial charge in [0, 0.05) is 24.2 Å². The van der Waals surface area contributed by atoms with Crippen LogP contribution in [-0.4, -0.2) is 35.3 Å². The van der Waals surface area contributed by atoms with E-state index >= 15 is 0 Å². The Morgan fingerprint density at radius 3 is 2.33 bits per heavy atom. The minimum absolute atomic E-state index is 0.131. The monoisotopic (exact) mass is 356 g/mol. The molecule has 2 atom stereocenters. The Kier molecular flexibility index (Phi) is 3.38. The lowest BCUT2D eigenvalue weighted by Crippen LogP contribution is -2.50. The lowest BCUT2D eigenvalue weighted by atomic mass is 9.78. The van der Waals surface area contributed by atoms with Crippen molar-refractivity contribution in [1.82, 2.24) is 9.80 Å². The number of nitrogens with zero attached hydrogens (tertiary/aromatic N) is 2. The summed E-state index contributed by atoms with van der Waals surface area (Å²) in [4.78, 5) is 5.14. The number of hydrogen-bond acceptors (Lipinski definition) is 3. The topological polar surface area (TPSA) is 15.7 Å². The second-order valence-corrected chi connectivity index (χ2v) is 8.02. The maximum Gasteiger partial charge on any atom is 0.148 e. The van der Waals surface area contributed by atoms with Gasteiger partial charge in [-0.2, -0.15) is 0 Å². The van der Waals surface area contributed by atoms with Gasteiger partial charge >= 0.3 is 0 Å². The predicted molar refractivity (Wildman–Crippen MR) is 106 cm³/mol. The van der Waals surface area contributed by atoms with E-state index in [0.29, 0.717) is 6.04 Å². The largest absolute Gasteiger partial charge is 0.336 e. The first-order valence-corrected chi connectivity index (χ1v) is 10.1. The molecule has 2 saturated heterocycles. The zero-order chi connectivity index (χ0) is 17.8. The summed E-state index contributed by atoms with van der Waals surface area (Å²) in [5.74, 6) is 0. The molecule has 0 aromatic heterocycles. The summed E-state index contributed by atoms with van der Waals surface area (Å²) in [7, 11) is 0. The van der Waals surface area contributed by atoms with Crippen LogP contribution in [0.3, 0.4) is 0 Å². The number of rotatable bonds is 2. The van der Waals surface area contributed by atoms with E-state index in [1.165, 1.54) is 41.8 Å². The molecule has 2 aromatic rings. The molecule has 0 radical (unpaired) electrons. The van der Waals surface area contributed by atoms with E-state index in [1.54, 1.807) is 0 Å². The number of benzene rings is 2. The summed E-state index contributed by atoms with van der Waals surface area (Å²) < 4.78 is 7.17. The summed E-state index contributed by atoms with van der Waals surface area (Å²) in [6.45, 7) is 2.20. The van der Waals surface area contributed by atoms with Crippen LogP contribution in [0.1, 0.15) is 30.4 Å². The first kappa shape index (κ1) is 15.7.